The number of hydrogen-bond acceptors (Lipinski definition) is 5. The molecule has 0 radical (unpaired) electrons. The molecule has 0 fully saturated rings. The zero-order chi connectivity index (χ0) is 24.0. The van der Waals surface area contributed by atoms with Crippen molar-refractivity contribution in [2.24, 2.45) is 7.05 Å². The summed E-state index contributed by atoms with van der Waals surface area (Å²) in [5.41, 5.74) is 3.59. The Kier molecular flexibility index (Phi) is 5.10. The van der Waals surface area contributed by atoms with E-state index in [1.54, 1.807) is 20.4 Å². The van der Waals surface area contributed by atoms with Crippen LogP contribution >= 0.6 is 0 Å². The summed E-state index contributed by atoms with van der Waals surface area (Å²) in [6.45, 7) is 0.0287. The van der Waals surface area contributed by atoms with Gasteiger partial charge in [0.15, 0.2) is 0 Å². The fraction of sp³-hybridized carbons (Fsp3) is 0.192. The third kappa shape index (κ3) is 3.13. The molecule has 0 atom stereocenters. The van der Waals surface area contributed by atoms with Gasteiger partial charge in [0, 0.05) is 58.9 Å². The van der Waals surface area contributed by atoms with Crippen LogP contribution < -0.4 is 9.47 Å². The van der Waals surface area contributed by atoms with Crippen LogP contribution in [0.5, 0.6) is 11.5 Å². The first kappa shape index (κ1) is 21.3. The van der Waals surface area contributed by atoms with Crippen LogP contribution in [0.1, 0.15) is 17.5 Å². The molecular formula is C26H22N4O4. The Balaban J connectivity index is 1.82. The van der Waals surface area contributed by atoms with Crippen molar-refractivity contribution in [1.82, 2.24) is 14.5 Å². The van der Waals surface area contributed by atoms with Gasteiger partial charge < -0.3 is 19.0 Å². The molecule has 1 aliphatic heterocycles. The van der Waals surface area contributed by atoms with E-state index >= 15 is 0 Å². The summed E-state index contributed by atoms with van der Waals surface area (Å²) in [4.78, 5) is 31.6. The minimum atomic E-state index is -0.418. The second-order valence-electron chi connectivity index (χ2n) is 8.07. The minimum absolute atomic E-state index is 0.0287. The number of amides is 2. The predicted octanol–water partition coefficient (Wildman–Crippen LogP) is 3.87. The molecule has 5 rings (SSSR count). The second kappa shape index (κ2) is 8.12. The average molecular weight is 454 g/mol. The lowest BCUT2D eigenvalue weighted by molar-refractivity contribution is -0.135. The summed E-state index contributed by atoms with van der Waals surface area (Å²) < 4.78 is 12.7. The van der Waals surface area contributed by atoms with Crippen LogP contribution in [-0.2, 0) is 16.6 Å². The number of aromatic amines is 1. The van der Waals surface area contributed by atoms with Crippen LogP contribution in [0.2, 0.25) is 0 Å². The van der Waals surface area contributed by atoms with E-state index in [-0.39, 0.29) is 13.0 Å². The van der Waals surface area contributed by atoms with E-state index in [1.807, 2.05) is 60.3 Å². The lowest BCUT2D eigenvalue weighted by Gasteiger charge is -2.12. The number of methoxy groups -OCH3 is 2. The van der Waals surface area contributed by atoms with Crippen molar-refractivity contribution >= 4 is 44.8 Å². The van der Waals surface area contributed by atoms with Gasteiger partial charge in [-0.3, -0.25) is 14.5 Å². The number of rotatable bonds is 6. The van der Waals surface area contributed by atoms with Crippen molar-refractivity contribution < 1.29 is 19.1 Å². The van der Waals surface area contributed by atoms with Crippen molar-refractivity contribution in [3.05, 3.63) is 59.9 Å². The highest BCUT2D eigenvalue weighted by Gasteiger charge is 2.41. The van der Waals surface area contributed by atoms with Gasteiger partial charge in [0.05, 0.1) is 37.9 Å². The normalized spacial score (nSPS) is 13.9. The molecule has 2 amide bonds. The van der Waals surface area contributed by atoms with Crippen LogP contribution in [-0.4, -0.2) is 47.0 Å². The largest absolute Gasteiger partial charge is 0.497 e. The number of carbonyl (C=O) groups excluding carboxylic acids is 2. The van der Waals surface area contributed by atoms with Crippen LogP contribution in [0.25, 0.3) is 33.0 Å². The number of nitrogens with one attached hydrogen (secondary N) is 1. The van der Waals surface area contributed by atoms with Gasteiger partial charge in [-0.2, -0.15) is 5.26 Å². The van der Waals surface area contributed by atoms with E-state index < -0.39 is 11.8 Å². The molecular weight excluding hydrogens is 432 g/mol. The Morgan fingerprint density at radius 1 is 0.941 bits per heavy atom. The molecule has 8 nitrogen and oxygen atoms in total. The summed E-state index contributed by atoms with van der Waals surface area (Å²) in [5.74, 6) is 0.460. The molecule has 1 aliphatic rings. The van der Waals surface area contributed by atoms with Crippen molar-refractivity contribution in [2.75, 3.05) is 20.8 Å². The molecule has 2 aromatic heterocycles. The molecule has 0 saturated heterocycles. The van der Waals surface area contributed by atoms with E-state index in [0.717, 1.165) is 26.7 Å². The highest BCUT2D eigenvalue weighted by molar-refractivity contribution is 6.50. The molecule has 2 aromatic carbocycles. The number of aryl methyl sites for hydroxylation is 1. The Hall–Kier alpha value is -4.51. The van der Waals surface area contributed by atoms with Gasteiger partial charge in [-0.1, -0.05) is 0 Å². The number of nitriles is 1. The van der Waals surface area contributed by atoms with Crippen molar-refractivity contribution in [3.63, 3.8) is 0 Å². The highest BCUT2D eigenvalue weighted by atomic mass is 16.5. The van der Waals surface area contributed by atoms with Crippen LogP contribution in [0.15, 0.2) is 48.8 Å². The lowest BCUT2D eigenvalue weighted by atomic mass is 9.95. The second-order valence-corrected chi connectivity index (χ2v) is 8.07. The fourth-order valence-electron chi connectivity index (χ4n) is 4.57. The molecule has 0 saturated carbocycles. The van der Waals surface area contributed by atoms with E-state index in [1.165, 1.54) is 0 Å². The zero-order valence-electron chi connectivity index (χ0n) is 19.0. The van der Waals surface area contributed by atoms with Gasteiger partial charge in [0.1, 0.15) is 11.5 Å². The van der Waals surface area contributed by atoms with E-state index in [4.69, 9.17) is 14.7 Å². The number of carbonyl (C=O) groups is 2. The van der Waals surface area contributed by atoms with Gasteiger partial charge in [-0.25, -0.2) is 0 Å². The quantitative estimate of drug-likeness (QED) is 0.446. The molecule has 8 heteroatoms. The summed E-state index contributed by atoms with van der Waals surface area (Å²) >= 11 is 0. The number of hydrogen-bond donors (Lipinski definition) is 1. The molecule has 34 heavy (non-hydrogen) atoms. The Morgan fingerprint density at radius 3 is 2.26 bits per heavy atom. The number of ether oxygens (including phenoxy) is 2. The predicted molar refractivity (Wildman–Crippen MR) is 128 cm³/mol. The average Bonchev–Trinajstić information content (AvgIpc) is 3.48. The van der Waals surface area contributed by atoms with Gasteiger partial charge in [-0.05, 0) is 36.4 Å². The minimum Gasteiger partial charge on any atom is -0.497 e. The number of H-pyrrole nitrogens is 1. The summed E-state index contributed by atoms with van der Waals surface area (Å²) in [7, 11) is 5.06. The zero-order valence-corrected chi connectivity index (χ0v) is 19.0. The van der Waals surface area contributed by atoms with E-state index in [9.17, 15) is 9.59 Å². The van der Waals surface area contributed by atoms with Crippen molar-refractivity contribution in [1.29, 1.82) is 5.26 Å². The van der Waals surface area contributed by atoms with E-state index in [2.05, 4.69) is 4.98 Å². The number of aromatic nitrogens is 2. The van der Waals surface area contributed by atoms with Crippen LogP contribution in [0.3, 0.4) is 0 Å². The van der Waals surface area contributed by atoms with Crippen LogP contribution in [0.4, 0.5) is 0 Å². The molecule has 0 bridgehead atoms. The number of nitrogens with zero attached hydrogens (tertiary/aromatic N) is 3. The highest BCUT2D eigenvalue weighted by Crippen LogP contribution is 2.42. The number of benzene rings is 2. The smallest absolute Gasteiger partial charge is 0.262 e. The fourth-order valence-corrected chi connectivity index (χ4v) is 4.57. The molecule has 1 N–H and O–H groups in total. The summed E-state index contributed by atoms with van der Waals surface area (Å²) in [6.07, 6.45) is 3.65. The number of imide groups is 1. The van der Waals surface area contributed by atoms with Gasteiger partial charge in [0.25, 0.3) is 11.8 Å². The first-order valence-corrected chi connectivity index (χ1v) is 10.7. The SMILES string of the molecule is COc1ccc2[nH]cc(C3=C(c4cn(C)c5ccc(OC)cc45)C(=O)N(CCC#N)C3=O)c2c1. The van der Waals surface area contributed by atoms with Gasteiger partial charge in [0.2, 0.25) is 0 Å². The standard InChI is InChI=1S/C26H22N4O4/c1-29-14-20(18-12-16(34-3)6-8-22(18)29)24-23(25(31)30(26(24)32)10-4-9-27)19-13-28-21-7-5-15(33-2)11-17(19)21/h5-8,11-14,28H,4,10H2,1-3H3. The summed E-state index contributed by atoms with van der Waals surface area (Å²) in [5, 5.41) is 10.7. The Morgan fingerprint density at radius 2 is 1.59 bits per heavy atom. The Bertz CT molecular complexity index is 1550. The molecule has 3 heterocycles. The third-order valence-electron chi connectivity index (χ3n) is 6.24. The monoisotopic (exact) mass is 454 g/mol. The Labute approximate surface area is 195 Å². The van der Waals surface area contributed by atoms with Gasteiger partial charge in [-0.15, -0.1) is 0 Å². The maximum atomic E-state index is 13.7. The third-order valence-corrected chi connectivity index (χ3v) is 6.24. The maximum absolute atomic E-state index is 13.7. The first-order chi connectivity index (χ1) is 16.5. The molecule has 4 aromatic rings. The molecule has 0 spiro atoms. The van der Waals surface area contributed by atoms with Gasteiger partial charge >= 0.3 is 0 Å². The molecule has 0 aliphatic carbocycles. The molecule has 170 valence electrons. The van der Waals surface area contributed by atoms with Crippen molar-refractivity contribution in [2.45, 2.75) is 6.42 Å². The lowest BCUT2D eigenvalue weighted by Crippen LogP contribution is -2.32. The first-order valence-electron chi connectivity index (χ1n) is 10.7. The maximum Gasteiger partial charge on any atom is 0.262 e. The summed E-state index contributed by atoms with van der Waals surface area (Å²) in [6, 6.07) is 13.2. The topological polar surface area (TPSA) is 100 Å². The van der Waals surface area contributed by atoms with Crippen LogP contribution in [0, 0.1) is 11.3 Å². The van der Waals surface area contributed by atoms with Crippen molar-refractivity contribution in [3.8, 4) is 17.6 Å². The number of fused-ring (bicyclic) bond motifs is 2. The molecule has 0 unspecified atom stereocenters. The van der Waals surface area contributed by atoms with E-state index in [0.29, 0.717) is 33.8 Å².